The number of nitrogen functional groups attached to an aromatic ring is 1. The number of nitrogens with zero attached hydrogens (tertiary/aromatic N) is 1. The third kappa shape index (κ3) is 1.57. The molecular formula is C10H12F2N2. The van der Waals surface area contributed by atoms with E-state index in [1.54, 1.807) is 0 Å². The second-order valence-electron chi connectivity index (χ2n) is 3.56. The molecule has 1 aromatic rings. The van der Waals surface area contributed by atoms with Crippen LogP contribution >= 0.6 is 0 Å². The molecule has 2 N–H and O–H groups in total. The quantitative estimate of drug-likeness (QED) is 0.733. The van der Waals surface area contributed by atoms with Gasteiger partial charge >= 0.3 is 0 Å². The molecule has 1 fully saturated rings. The molecule has 0 radical (unpaired) electrons. The van der Waals surface area contributed by atoms with Gasteiger partial charge in [-0.25, -0.2) is 8.78 Å². The molecule has 0 spiro atoms. The summed E-state index contributed by atoms with van der Waals surface area (Å²) in [5.74, 6) is -1.12. The molecule has 0 aromatic heterocycles. The van der Waals surface area contributed by atoms with Gasteiger partial charge < -0.3 is 5.73 Å². The standard InChI is InChI=1S/C10H12F2N2/c11-8-2-3-9(13)10(12)7(8)6-14-4-1-5-14/h2-3H,1,4-6,13H2. The molecule has 1 saturated heterocycles. The van der Waals surface area contributed by atoms with Crippen molar-refractivity contribution in [2.75, 3.05) is 18.8 Å². The summed E-state index contributed by atoms with van der Waals surface area (Å²) in [6.45, 7) is 2.14. The van der Waals surface area contributed by atoms with E-state index in [2.05, 4.69) is 0 Å². The van der Waals surface area contributed by atoms with E-state index in [1.165, 1.54) is 12.1 Å². The van der Waals surface area contributed by atoms with Crippen LogP contribution in [0.3, 0.4) is 0 Å². The highest BCUT2D eigenvalue weighted by Crippen LogP contribution is 2.22. The van der Waals surface area contributed by atoms with Crippen LogP contribution < -0.4 is 5.73 Å². The Balaban J connectivity index is 2.25. The Morgan fingerprint density at radius 2 is 2.00 bits per heavy atom. The lowest BCUT2D eigenvalue weighted by molar-refractivity contribution is 0.168. The number of hydrogen-bond acceptors (Lipinski definition) is 2. The van der Waals surface area contributed by atoms with Gasteiger partial charge in [0.05, 0.1) is 5.69 Å². The zero-order valence-corrected chi connectivity index (χ0v) is 7.76. The van der Waals surface area contributed by atoms with Gasteiger partial charge in [0.1, 0.15) is 5.82 Å². The van der Waals surface area contributed by atoms with Crippen LogP contribution in [-0.2, 0) is 6.54 Å². The molecule has 1 aliphatic rings. The summed E-state index contributed by atoms with van der Waals surface area (Å²) >= 11 is 0. The maximum Gasteiger partial charge on any atom is 0.153 e. The Morgan fingerprint density at radius 3 is 2.57 bits per heavy atom. The maximum absolute atomic E-state index is 13.4. The van der Waals surface area contributed by atoms with Crippen LogP contribution in [0, 0.1) is 11.6 Å². The molecule has 2 rings (SSSR count). The molecule has 0 unspecified atom stereocenters. The molecule has 0 aliphatic carbocycles. The van der Waals surface area contributed by atoms with E-state index in [1.807, 2.05) is 4.90 Å². The minimum atomic E-state index is -0.614. The van der Waals surface area contributed by atoms with Crippen LogP contribution in [0.1, 0.15) is 12.0 Å². The van der Waals surface area contributed by atoms with Crippen molar-refractivity contribution >= 4 is 5.69 Å². The summed E-state index contributed by atoms with van der Waals surface area (Å²) in [7, 11) is 0. The Kier molecular flexibility index (Phi) is 2.37. The summed E-state index contributed by atoms with van der Waals surface area (Å²) in [6, 6.07) is 2.47. The van der Waals surface area contributed by atoms with Gasteiger partial charge in [0.25, 0.3) is 0 Å². The van der Waals surface area contributed by atoms with Gasteiger partial charge in [-0.15, -0.1) is 0 Å². The van der Waals surface area contributed by atoms with Crippen molar-refractivity contribution in [1.29, 1.82) is 0 Å². The molecule has 4 heteroatoms. The lowest BCUT2D eigenvalue weighted by atomic mass is 10.1. The highest BCUT2D eigenvalue weighted by atomic mass is 19.1. The Bertz CT molecular complexity index is 348. The molecule has 0 atom stereocenters. The second kappa shape index (κ2) is 3.53. The fraction of sp³-hybridized carbons (Fsp3) is 0.400. The van der Waals surface area contributed by atoms with Crippen molar-refractivity contribution < 1.29 is 8.78 Å². The molecule has 1 aromatic carbocycles. The third-order valence-corrected chi connectivity index (χ3v) is 2.55. The van der Waals surface area contributed by atoms with Crippen molar-refractivity contribution in [2.45, 2.75) is 13.0 Å². The van der Waals surface area contributed by atoms with Crippen molar-refractivity contribution in [2.24, 2.45) is 0 Å². The smallest absolute Gasteiger partial charge is 0.153 e. The normalized spacial score (nSPS) is 16.7. The first-order chi connectivity index (χ1) is 6.68. The van der Waals surface area contributed by atoms with Crippen LogP contribution in [0.25, 0.3) is 0 Å². The number of halogens is 2. The number of benzene rings is 1. The van der Waals surface area contributed by atoms with E-state index in [0.717, 1.165) is 19.5 Å². The fourth-order valence-corrected chi connectivity index (χ4v) is 1.52. The molecule has 14 heavy (non-hydrogen) atoms. The minimum absolute atomic E-state index is 0.0157. The van der Waals surface area contributed by atoms with Crippen molar-refractivity contribution in [3.8, 4) is 0 Å². The molecule has 76 valence electrons. The van der Waals surface area contributed by atoms with E-state index < -0.39 is 11.6 Å². The van der Waals surface area contributed by atoms with Crippen molar-refractivity contribution in [3.05, 3.63) is 29.3 Å². The molecule has 1 heterocycles. The highest BCUT2D eigenvalue weighted by molar-refractivity contribution is 5.43. The molecule has 2 nitrogen and oxygen atoms in total. The predicted octanol–water partition coefficient (Wildman–Crippen LogP) is 1.75. The molecule has 0 amide bonds. The van der Waals surface area contributed by atoms with Gasteiger partial charge in [-0.1, -0.05) is 0 Å². The van der Waals surface area contributed by atoms with Gasteiger partial charge in [-0.05, 0) is 31.6 Å². The predicted molar refractivity (Wildman–Crippen MR) is 50.7 cm³/mol. The largest absolute Gasteiger partial charge is 0.396 e. The lowest BCUT2D eigenvalue weighted by Crippen LogP contribution is -2.36. The lowest BCUT2D eigenvalue weighted by Gasteiger charge is -2.30. The zero-order chi connectivity index (χ0) is 10.1. The Hall–Kier alpha value is -1.16. The van der Waals surface area contributed by atoms with Gasteiger partial charge in [0.2, 0.25) is 0 Å². The zero-order valence-electron chi connectivity index (χ0n) is 7.76. The van der Waals surface area contributed by atoms with Crippen molar-refractivity contribution in [3.63, 3.8) is 0 Å². The number of nitrogens with two attached hydrogens (primary N) is 1. The van der Waals surface area contributed by atoms with Crippen LogP contribution in [-0.4, -0.2) is 18.0 Å². The van der Waals surface area contributed by atoms with E-state index in [9.17, 15) is 8.78 Å². The fourth-order valence-electron chi connectivity index (χ4n) is 1.52. The van der Waals surface area contributed by atoms with Gasteiger partial charge in [0.15, 0.2) is 5.82 Å². The summed E-state index contributed by atoms with van der Waals surface area (Å²) in [5, 5.41) is 0. The maximum atomic E-state index is 13.4. The van der Waals surface area contributed by atoms with Crippen LogP contribution in [0.5, 0.6) is 0 Å². The monoisotopic (exact) mass is 198 g/mol. The first-order valence-electron chi connectivity index (χ1n) is 4.63. The number of rotatable bonds is 2. The average molecular weight is 198 g/mol. The summed E-state index contributed by atoms with van der Waals surface area (Å²) < 4.78 is 26.6. The van der Waals surface area contributed by atoms with Gasteiger partial charge in [-0.3, -0.25) is 4.90 Å². The molecular weight excluding hydrogens is 186 g/mol. The molecule has 1 aliphatic heterocycles. The molecule has 0 saturated carbocycles. The Morgan fingerprint density at radius 1 is 1.29 bits per heavy atom. The average Bonchev–Trinajstić information content (AvgIpc) is 2.09. The SMILES string of the molecule is Nc1ccc(F)c(CN2CCC2)c1F. The first kappa shape index (κ1) is 9.40. The summed E-state index contributed by atoms with van der Waals surface area (Å²) in [6.07, 6.45) is 1.10. The number of hydrogen-bond donors (Lipinski definition) is 1. The van der Waals surface area contributed by atoms with Crippen molar-refractivity contribution in [1.82, 2.24) is 4.90 Å². The second-order valence-corrected chi connectivity index (χ2v) is 3.56. The van der Waals surface area contributed by atoms with E-state index in [4.69, 9.17) is 5.73 Å². The molecule has 0 bridgehead atoms. The Labute approximate surface area is 81.3 Å². The van der Waals surface area contributed by atoms with E-state index >= 15 is 0 Å². The number of likely N-dealkylation sites (tertiary alicyclic amines) is 1. The summed E-state index contributed by atoms with van der Waals surface area (Å²) in [5.41, 5.74) is 5.47. The third-order valence-electron chi connectivity index (χ3n) is 2.55. The topological polar surface area (TPSA) is 29.3 Å². The van der Waals surface area contributed by atoms with Crippen LogP contribution in [0.4, 0.5) is 14.5 Å². The van der Waals surface area contributed by atoms with E-state index in [0.29, 0.717) is 6.54 Å². The summed E-state index contributed by atoms with van der Waals surface area (Å²) in [4.78, 5) is 1.99. The van der Waals surface area contributed by atoms with Crippen LogP contribution in [0.2, 0.25) is 0 Å². The van der Waals surface area contributed by atoms with Gasteiger partial charge in [-0.2, -0.15) is 0 Å². The first-order valence-corrected chi connectivity index (χ1v) is 4.63. The van der Waals surface area contributed by atoms with Gasteiger partial charge in [0, 0.05) is 12.1 Å². The number of anilines is 1. The van der Waals surface area contributed by atoms with Crippen LogP contribution in [0.15, 0.2) is 12.1 Å². The minimum Gasteiger partial charge on any atom is -0.396 e. The van der Waals surface area contributed by atoms with E-state index in [-0.39, 0.29) is 11.3 Å². The highest BCUT2D eigenvalue weighted by Gasteiger charge is 2.19.